The van der Waals surface area contributed by atoms with Crippen LogP contribution in [0, 0.1) is 17.1 Å². The number of nitriles is 1. The number of pyridine rings is 1. The van der Waals surface area contributed by atoms with Gasteiger partial charge in [-0.3, -0.25) is 4.79 Å². The smallest absolute Gasteiger partial charge is 0.255 e. The van der Waals surface area contributed by atoms with Gasteiger partial charge in [-0.15, -0.1) is 0 Å². The first kappa shape index (κ1) is 21.1. The highest BCUT2D eigenvalue weighted by molar-refractivity contribution is 6.01. The third-order valence-corrected chi connectivity index (χ3v) is 6.08. The van der Waals surface area contributed by atoms with Crippen molar-refractivity contribution in [3.63, 3.8) is 0 Å². The maximum Gasteiger partial charge on any atom is 0.255 e. The molecule has 10 heteroatoms. The SMILES string of the molecule is COC1CCN(c2ccn(-c3cc(-c4c(F)cccc4C#N)nc4c3C(=O)NC4)n2)CC1O. The molecule has 1 saturated heterocycles. The van der Waals surface area contributed by atoms with Crippen molar-refractivity contribution in [1.29, 1.82) is 5.26 Å². The molecule has 0 aliphatic carbocycles. The van der Waals surface area contributed by atoms with E-state index in [1.54, 1.807) is 30.1 Å². The lowest BCUT2D eigenvalue weighted by Gasteiger charge is -2.35. The summed E-state index contributed by atoms with van der Waals surface area (Å²) in [4.78, 5) is 19.0. The van der Waals surface area contributed by atoms with E-state index in [4.69, 9.17) is 4.74 Å². The number of ether oxygens (including phenoxy) is 1. The average molecular weight is 448 g/mol. The first-order chi connectivity index (χ1) is 16.0. The molecule has 9 nitrogen and oxygen atoms in total. The van der Waals surface area contributed by atoms with Gasteiger partial charge in [-0.2, -0.15) is 10.4 Å². The van der Waals surface area contributed by atoms with Crippen molar-refractivity contribution in [2.45, 2.75) is 25.2 Å². The van der Waals surface area contributed by atoms with Crippen LogP contribution in [-0.2, 0) is 11.3 Å². The summed E-state index contributed by atoms with van der Waals surface area (Å²) in [7, 11) is 1.58. The van der Waals surface area contributed by atoms with Crippen molar-refractivity contribution in [2.24, 2.45) is 0 Å². The van der Waals surface area contributed by atoms with E-state index >= 15 is 0 Å². The molecule has 5 rings (SSSR count). The number of amides is 1. The Balaban J connectivity index is 1.58. The molecule has 0 bridgehead atoms. The van der Waals surface area contributed by atoms with Crippen molar-refractivity contribution < 1.29 is 19.0 Å². The fourth-order valence-electron chi connectivity index (χ4n) is 4.41. The Bertz CT molecular complexity index is 1280. The Morgan fingerprint density at radius 3 is 2.94 bits per heavy atom. The number of methoxy groups -OCH3 is 1. The minimum absolute atomic E-state index is 0.0838. The van der Waals surface area contributed by atoms with Crippen LogP contribution in [0.4, 0.5) is 10.2 Å². The number of nitrogens with zero attached hydrogens (tertiary/aromatic N) is 5. The molecule has 4 heterocycles. The molecular weight excluding hydrogens is 427 g/mol. The summed E-state index contributed by atoms with van der Waals surface area (Å²) in [5.41, 5.74) is 1.76. The van der Waals surface area contributed by atoms with Crippen LogP contribution in [-0.4, -0.2) is 58.2 Å². The molecule has 3 aromatic rings. The van der Waals surface area contributed by atoms with E-state index in [2.05, 4.69) is 15.4 Å². The molecule has 168 valence electrons. The van der Waals surface area contributed by atoms with Crippen molar-refractivity contribution in [3.8, 4) is 23.0 Å². The molecule has 0 radical (unpaired) electrons. The highest BCUT2D eigenvalue weighted by Gasteiger charge is 2.30. The minimum atomic E-state index is -0.637. The van der Waals surface area contributed by atoms with Crippen LogP contribution in [0.2, 0.25) is 0 Å². The number of aliphatic hydroxyl groups excluding tert-OH is 1. The van der Waals surface area contributed by atoms with Gasteiger partial charge in [0.25, 0.3) is 5.91 Å². The lowest BCUT2D eigenvalue weighted by atomic mass is 10.0. The number of carbonyl (C=O) groups excluding carboxylic acids is 1. The number of fused-ring (bicyclic) bond motifs is 1. The molecule has 2 aromatic heterocycles. The van der Waals surface area contributed by atoms with E-state index in [0.29, 0.717) is 42.3 Å². The fourth-order valence-corrected chi connectivity index (χ4v) is 4.41. The van der Waals surface area contributed by atoms with Crippen molar-refractivity contribution in [1.82, 2.24) is 20.1 Å². The van der Waals surface area contributed by atoms with E-state index in [1.807, 2.05) is 11.0 Å². The number of rotatable bonds is 4. The lowest BCUT2D eigenvalue weighted by Crippen LogP contribution is -2.47. The maximum atomic E-state index is 14.7. The number of nitrogens with one attached hydrogen (secondary N) is 1. The van der Waals surface area contributed by atoms with E-state index in [9.17, 15) is 19.6 Å². The first-order valence-electron chi connectivity index (χ1n) is 10.5. The Labute approximate surface area is 189 Å². The van der Waals surface area contributed by atoms with Crippen LogP contribution in [0.5, 0.6) is 0 Å². The predicted octanol–water partition coefficient (Wildman–Crippen LogP) is 1.77. The second-order valence-electron chi connectivity index (χ2n) is 8.00. The summed E-state index contributed by atoms with van der Waals surface area (Å²) in [6.07, 6.45) is 1.52. The van der Waals surface area contributed by atoms with Crippen LogP contribution in [0.25, 0.3) is 16.9 Å². The van der Waals surface area contributed by atoms with E-state index in [1.165, 1.54) is 18.2 Å². The van der Waals surface area contributed by atoms with E-state index in [-0.39, 0.29) is 35.4 Å². The average Bonchev–Trinajstić information content (AvgIpc) is 3.46. The lowest BCUT2D eigenvalue weighted by molar-refractivity contribution is -0.0218. The predicted molar refractivity (Wildman–Crippen MR) is 116 cm³/mol. The van der Waals surface area contributed by atoms with Gasteiger partial charge in [-0.25, -0.2) is 14.1 Å². The zero-order valence-electron chi connectivity index (χ0n) is 17.8. The Morgan fingerprint density at radius 2 is 2.18 bits per heavy atom. The van der Waals surface area contributed by atoms with Gasteiger partial charge in [0.05, 0.1) is 58.6 Å². The van der Waals surface area contributed by atoms with Crippen LogP contribution >= 0.6 is 0 Å². The zero-order valence-corrected chi connectivity index (χ0v) is 17.8. The molecule has 2 N–H and O–H groups in total. The van der Waals surface area contributed by atoms with Gasteiger partial charge in [0.15, 0.2) is 5.82 Å². The summed E-state index contributed by atoms with van der Waals surface area (Å²) >= 11 is 0. The zero-order chi connectivity index (χ0) is 23.1. The van der Waals surface area contributed by atoms with Gasteiger partial charge in [0.2, 0.25) is 0 Å². The Kier molecular flexibility index (Phi) is 5.28. The van der Waals surface area contributed by atoms with Crippen LogP contribution in [0.1, 0.15) is 28.0 Å². The van der Waals surface area contributed by atoms with E-state index < -0.39 is 11.9 Å². The standard InChI is InChI=1S/C23H21FN6O3/c1-33-19-5-7-29(12-18(19)31)20-6-8-30(28-20)17-9-15(27-16-11-26-23(32)22(16)17)21-13(10-25)3-2-4-14(21)24/h2-4,6,8-9,18-19,31H,5,7,11-12H2,1H3,(H,26,32). The highest BCUT2D eigenvalue weighted by Crippen LogP contribution is 2.32. The quantitative estimate of drug-likeness (QED) is 0.625. The number of hydrogen-bond acceptors (Lipinski definition) is 7. The number of β-amino-alcohol motifs (C(OH)–C–C–N with tert-alkyl or cyclic N) is 1. The van der Waals surface area contributed by atoms with Crippen LogP contribution in [0.15, 0.2) is 36.5 Å². The number of hydrogen-bond donors (Lipinski definition) is 2. The molecule has 0 saturated carbocycles. The second-order valence-corrected chi connectivity index (χ2v) is 8.00. The van der Waals surface area contributed by atoms with Crippen LogP contribution < -0.4 is 10.2 Å². The maximum absolute atomic E-state index is 14.7. The number of benzene rings is 1. The highest BCUT2D eigenvalue weighted by atomic mass is 19.1. The molecular formula is C23H21FN6O3. The molecule has 2 atom stereocenters. The molecule has 2 aliphatic heterocycles. The number of aromatic nitrogens is 3. The molecule has 33 heavy (non-hydrogen) atoms. The molecule has 2 unspecified atom stereocenters. The number of anilines is 1. The topological polar surface area (TPSA) is 116 Å². The second kappa shape index (κ2) is 8.27. The summed E-state index contributed by atoms with van der Waals surface area (Å²) < 4.78 is 21.5. The normalized spacial score (nSPS) is 19.8. The van der Waals surface area contributed by atoms with Gasteiger partial charge in [0.1, 0.15) is 5.82 Å². The molecule has 1 aromatic carbocycles. The molecule has 1 fully saturated rings. The Morgan fingerprint density at radius 1 is 1.33 bits per heavy atom. The summed E-state index contributed by atoms with van der Waals surface area (Å²) in [5, 5.41) is 27.1. The molecule has 0 spiro atoms. The largest absolute Gasteiger partial charge is 0.389 e. The summed E-state index contributed by atoms with van der Waals surface area (Å²) in [6, 6.07) is 9.64. The third-order valence-electron chi connectivity index (χ3n) is 6.08. The number of aliphatic hydroxyl groups is 1. The Hall–Kier alpha value is -3.81. The summed E-state index contributed by atoms with van der Waals surface area (Å²) in [6.45, 7) is 1.24. The van der Waals surface area contributed by atoms with Crippen LogP contribution in [0.3, 0.4) is 0 Å². The molecule has 2 aliphatic rings. The fraction of sp³-hybridized carbons (Fsp3) is 0.304. The van der Waals surface area contributed by atoms with Gasteiger partial charge >= 0.3 is 0 Å². The molecule has 1 amide bonds. The van der Waals surface area contributed by atoms with Crippen molar-refractivity contribution >= 4 is 11.7 Å². The first-order valence-corrected chi connectivity index (χ1v) is 10.5. The number of halogens is 1. The van der Waals surface area contributed by atoms with E-state index in [0.717, 1.165) is 0 Å². The third kappa shape index (κ3) is 3.61. The monoisotopic (exact) mass is 448 g/mol. The van der Waals surface area contributed by atoms with Gasteiger partial charge in [-0.1, -0.05) is 6.07 Å². The summed E-state index contributed by atoms with van der Waals surface area (Å²) in [5.74, 6) is -0.222. The number of piperidine rings is 1. The van der Waals surface area contributed by atoms with Gasteiger partial charge in [0, 0.05) is 32.5 Å². The minimum Gasteiger partial charge on any atom is -0.389 e. The van der Waals surface area contributed by atoms with Gasteiger partial charge < -0.3 is 20.1 Å². The number of carbonyl (C=O) groups is 1. The van der Waals surface area contributed by atoms with Gasteiger partial charge in [-0.05, 0) is 24.6 Å². The van der Waals surface area contributed by atoms with Crippen molar-refractivity contribution in [2.75, 3.05) is 25.1 Å². The van der Waals surface area contributed by atoms with Crippen molar-refractivity contribution in [3.05, 3.63) is 59.2 Å².